The number of aliphatic hydroxyl groups is 1. The molecule has 15 heavy (non-hydrogen) atoms. The van der Waals surface area contributed by atoms with Crippen molar-refractivity contribution in [1.82, 2.24) is 9.78 Å². The lowest BCUT2D eigenvalue weighted by Gasteiger charge is -2.29. The molecule has 2 atom stereocenters. The first-order chi connectivity index (χ1) is 6.91. The van der Waals surface area contributed by atoms with Crippen LogP contribution in [-0.4, -0.2) is 19.7 Å². The van der Waals surface area contributed by atoms with Gasteiger partial charge in [0.25, 0.3) is 0 Å². The second-order valence-electron chi connectivity index (χ2n) is 5.14. The number of alkyl halides is 1. The minimum absolute atomic E-state index is 0.0708. The van der Waals surface area contributed by atoms with Gasteiger partial charge in [0.2, 0.25) is 0 Å². The van der Waals surface area contributed by atoms with Crippen LogP contribution in [0.5, 0.6) is 0 Å². The van der Waals surface area contributed by atoms with E-state index in [1.807, 2.05) is 10.9 Å². The first-order valence-corrected chi connectivity index (χ1v) is 6.22. The summed E-state index contributed by atoms with van der Waals surface area (Å²) in [6, 6.07) is 0. The van der Waals surface area contributed by atoms with Crippen LogP contribution in [0.15, 0.2) is 6.20 Å². The highest BCUT2D eigenvalue weighted by atomic mass is 79.9. The molecule has 2 unspecified atom stereocenters. The number of hydrogen-bond donors (Lipinski definition) is 1. The lowest BCUT2D eigenvalue weighted by atomic mass is 9.94. The third-order valence-corrected chi connectivity index (χ3v) is 3.79. The molecule has 0 saturated heterocycles. The topological polar surface area (TPSA) is 38.0 Å². The summed E-state index contributed by atoms with van der Waals surface area (Å²) >= 11 is 3.52. The Hall–Kier alpha value is -0.350. The van der Waals surface area contributed by atoms with E-state index in [9.17, 15) is 5.11 Å². The molecule has 1 aromatic heterocycles. The van der Waals surface area contributed by atoms with E-state index in [1.54, 1.807) is 0 Å². The molecule has 84 valence electrons. The van der Waals surface area contributed by atoms with Gasteiger partial charge in [-0.05, 0) is 39.2 Å². The van der Waals surface area contributed by atoms with Gasteiger partial charge in [-0.3, -0.25) is 4.68 Å². The summed E-state index contributed by atoms with van der Waals surface area (Å²) in [5.74, 6) is 0. The molecular formula is C11H17BrN2O. The van der Waals surface area contributed by atoms with Crippen LogP contribution in [0.2, 0.25) is 0 Å². The Morgan fingerprint density at radius 1 is 1.53 bits per heavy atom. The molecule has 1 aliphatic carbocycles. The summed E-state index contributed by atoms with van der Waals surface area (Å²) in [5, 5.41) is 14.5. The number of aromatic nitrogens is 2. The summed E-state index contributed by atoms with van der Waals surface area (Å²) in [5.41, 5.74) is 2.10. The van der Waals surface area contributed by atoms with Gasteiger partial charge >= 0.3 is 0 Å². The minimum atomic E-state index is -0.435. The third-order valence-electron chi connectivity index (χ3n) is 2.83. The van der Waals surface area contributed by atoms with Crippen molar-refractivity contribution >= 4 is 15.9 Å². The zero-order valence-corrected chi connectivity index (χ0v) is 11.0. The van der Waals surface area contributed by atoms with Gasteiger partial charge in [0.15, 0.2) is 0 Å². The van der Waals surface area contributed by atoms with Crippen LogP contribution < -0.4 is 0 Å². The van der Waals surface area contributed by atoms with E-state index in [4.69, 9.17) is 0 Å². The fourth-order valence-corrected chi connectivity index (χ4v) is 2.54. The van der Waals surface area contributed by atoms with Crippen molar-refractivity contribution in [3.05, 3.63) is 17.5 Å². The van der Waals surface area contributed by atoms with Crippen LogP contribution in [0.3, 0.4) is 0 Å². The van der Waals surface area contributed by atoms with Crippen LogP contribution in [0.1, 0.15) is 44.6 Å². The number of rotatable bonds is 0. The van der Waals surface area contributed by atoms with Crippen molar-refractivity contribution in [2.45, 2.75) is 50.1 Å². The average Bonchev–Trinajstić information content (AvgIpc) is 2.54. The quantitative estimate of drug-likeness (QED) is 0.737. The zero-order valence-electron chi connectivity index (χ0n) is 9.37. The standard InChI is InChI=1S/C11H17BrN2O/c1-11(2,3)14-9-7(6-13-14)4-5-8(12)10(9)15/h6,8,10,15H,4-5H2,1-3H3. The minimum Gasteiger partial charge on any atom is -0.386 e. The molecule has 1 aromatic rings. The molecule has 0 fully saturated rings. The molecule has 0 aromatic carbocycles. The van der Waals surface area contributed by atoms with E-state index >= 15 is 0 Å². The van der Waals surface area contributed by atoms with Crippen molar-refractivity contribution in [1.29, 1.82) is 0 Å². The highest BCUT2D eigenvalue weighted by molar-refractivity contribution is 9.09. The van der Waals surface area contributed by atoms with Gasteiger partial charge in [0.05, 0.1) is 17.4 Å². The van der Waals surface area contributed by atoms with Crippen LogP contribution in [0.25, 0.3) is 0 Å². The molecule has 1 N–H and O–H groups in total. The Labute approximate surface area is 98.6 Å². The zero-order chi connectivity index (χ0) is 11.2. The molecule has 0 radical (unpaired) electrons. The Kier molecular flexibility index (Phi) is 2.67. The van der Waals surface area contributed by atoms with Crippen LogP contribution in [0, 0.1) is 0 Å². The molecule has 0 spiro atoms. The highest BCUT2D eigenvalue weighted by Crippen LogP contribution is 2.36. The summed E-state index contributed by atoms with van der Waals surface area (Å²) < 4.78 is 1.94. The maximum atomic E-state index is 10.2. The van der Waals surface area contributed by atoms with E-state index in [1.165, 1.54) is 5.56 Å². The van der Waals surface area contributed by atoms with Gasteiger partial charge in [-0.15, -0.1) is 0 Å². The van der Waals surface area contributed by atoms with Gasteiger partial charge in [0.1, 0.15) is 6.10 Å². The van der Waals surface area contributed by atoms with Crippen molar-refractivity contribution < 1.29 is 5.11 Å². The summed E-state index contributed by atoms with van der Waals surface area (Å²) in [4.78, 5) is 0.155. The predicted octanol–water partition coefficient (Wildman–Crippen LogP) is 2.38. The summed E-state index contributed by atoms with van der Waals surface area (Å²) in [7, 11) is 0. The van der Waals surface area contributed by atoms with Gasteiger partial charge in [0, 0.05) is 4.83 Å². The smallest absolute Gasteiger partial charge is 0.108 e. The van der Waals surface area contributed by atoms with Crippen molar-refractivity contribution in [2.24, 2.45) is 0 Å². The molecule has 0 bridgehead atoms. The fourth-order valence-electron chi connectivity index (χ4n) is 2.06. The predicted molar refractivity (Wildman–Crippen MR) is 63.2 cm³/mol. The van der Waals surface area contributed by atoms with E-state index in [2.05, 4.69) is 41.8 Å². The maximum Gasteiger partial charge on any atom is 0.108 e. The average molecular weight is 273 g/mol. The summed E-state index contributed by atoms with van der Waals surface area (Å²) in [6.45, 7) is 6.31. The monoisotopic (exact) mass is 272 g/mol. The second-order valence-corrected chi connectivity index (χ2v) is 6.31. The van der Waals surface area contributed by atoms with E-state index in [0.717, 1.165) is 18.5 Å². The third kappa shape index (κ3) is 1.85. The molecule has 2 rings (SSSR count). The molecule has 1 aliphatic rings. The lowest BCUT2D eigenvalue weighted by Crippen LogP contribution is -2.30. The van der Waals surface area contributed by atoms with Gasteiger partial charge < -0.3 is 5.11 Å². The molecule has 0 amide bonds. The van der Waals surface area contributed by atoms with Crippen molar-refractivity contribution in [2.75, 3.05) is 0 Å². The lowest BCUT2D eigenvalue weighted by molar-refractivity contribution is 0.145. The number of hydrogen-bond acceptors (Lipinski definition) is 2. The molecule has 4 heteroatoms. The molecule has 0 saturated carbocycles. The Morgan fingerprint density at radius 2 is 2.20 bits per heavy atom. The number of aryl methyl sites for hydroxylation is 1. The number of aliphatic hydroxyl groups excluding tert-OH is 1. The largest absolute Gasteiger partial charge is 0.386 e. The van der Waals surface area contributed by atoms with Crippen molar-refractivity contribution in [3.8, 4) is 0 Å². The van der Waals surface area contributed by atoms with Crippen LogP contribution >= 0.6 is 15.9 Å². The van der Waals surface area contributed by atoms with Gasteiger partial charge in [-0.25, -0.2) is 0 Å². The molecule has 1 heterocycles. The summed E-state index contributed by atoms with van der Waals surface area (Å²) in [6.07, 6.45) is 3.43. The number of halogens is 1. The normalized spacial score (nSPS) is 26.5. The second kappa shape index (κ2) is 3.59. The first-order valence-electron chi connectivity index (χ1n) is 5.30. The number of fused-ring (bicyclic) bond motifs is 1. The van der Waals surface area contributed by atoms with E-state index in [-0.39, 0.29) is 10.4 Å². The van der Waals surface area contributed by atoms with Gasteiger partial charge in [-0.1, -0.05) is 15.9 Å². The fraction of sp³-hybridized carbons (Fsp3) is 0.727. The molecule has 0 aliphatic heterocycles. The van der Waals surface area contributed by atoms with Crippen LogP contribution in [-0.2, 0) is 12.0 Å². The SMILES string of the molecule is CC(C)(C)n1ncc2c1C(O)C(Br)CC2. The van der Waals surface area contributed by atoms with Crippen LogP contribution in [0.4, 0.5) is 0 Å². The molecular weight excluding hydrogens is 256 g/mol. The number of nitrogens with zero attached hydrogens (tertiary/aromatic N) is 2. The van der Waals surface area contributed by atoms with Crippen molar-refractivity contribution in [3.63, 3.8) is 0 Å². The van der Waals surface area contributed by atoms with E-state index in [0.29, 0.717) is 0 Å². The molecule has 3 nitrogen and oxygen atoms in total. The maximum absolute atomic E-state index is 10.2. The Bertz CT molecular complexity index is 367. The highest BCUT2D eigenvalue weighted by Gasteiger charge is 2.32. The van der Waals surface area contributed by atoms with E-state index < -0.39 is 6.10 Å². The first kappa shape index (κ1) is 11.1. The van der Waals surface area contributed by atoms with Gasteiger partial charge in [-0.2, -0.15) is 5.10 Å². The Balaban J connectivity index is 2.49. The Morgan fingerprint density at radius 3 is 2.80 bits per heavy atom.